The SMILES string of the molecule is c1ccc(-c2ccc(-c3ccc(N(c4ccccc4)c4cccc5c(-c6ccccc6)c(-c6ccccc6)c6ccccc6c45)cc3)cc2)cc1. The van der Waals surface area contributed by atoms with Crippen LogP contribution < -0.4 is 4.90 Å². The van der Waals surface area contributed by atoms with Crippen molar-refractivity contribution in [3.63, 3.8) is 0 Å². The Bertz CT molecular complexity index is 2580. The van der Waals surface area contributed by atoms with Gasteiger partial charge in [-0.2, -0.15) is 0 Å². The Morgan fingerprint density at radius 1 is 0.235 bits per heavy atom. The molecule has 9 aromatic carbocycles. The van der Waals surface area contributed by atoms with Gasteiger partial charge >= 0.3 is 0 Å². The summed E-state index contributed by atoms with van der Waals surface area (Å²) >= 11 is 0. The highest BCUT2D eigenvalue weighted by Crippen LogP contribution is 2.49. The van der Waals surface area contributed by atoms with E-state index in [0.717, 1.165) is 17.1 Å². The van der Waals surface area contributed by atoms with Gasteiger partial charge in [0.2, 0.25) is 0 Å². The maximum atomic E-state index is 2.41. The number of para-hydroxylation sites is 1. The molecule has 0 unspecified atom stereocenters. The van der Waals surface area contributed by atoms with Crippen molar-refractivity contribution in [3.05, 3.63) is 212 Å². The molecule has 0 amide bonds. The van der Waals surface area contributed by atoms with Crippen LogP contribution in [0.25, 0.3) is 66.1 Å². The maximum Gasteiger partial charge on any atom is 0.0546 e. The van der Waals surface area contributed by atoms with Crippen LogP contribution in [0.3, 0.4) is 0 Å². The van der Waals surface area contributed by atoms with E-state index >= 15 is 0 Å². The monoisotopic (exact) mass is 649 g/mol. The van der Waals surface area contributed by atoms with Gasteiger partial charge < -0.3 is 4.90 Å². The molecule has 9 aromatic rings. The van der Waals surface area contributed by atoms with E-state index in [-0.39, 0.29) is 0 Å². The van der Waals surface area contributed by atoms with Crippen LogP contribution in [0.4, 0.5) is 17.1 Å². The second kappa shape index (κ2) is 13.3. The third-order valence-electron chi connectivity index (χ3n) is 9.86. The lowest BCUT2D eigenvalue weighted by Gasteiger charge is -2.29. The first-order chi connectivity index (χ1) is 25.3. The Balaban J connectivity index is 1.25. The number of benzene rings is 9. The Morgan fingerprint density at radius 3 is 1.16 bits per heavy atom. The average molecular weight is 650 g/mol. The molecular weight excluding hydrogens is 615 g/mol. The molecule has 0 fully saturated rings. The van der Waals surface area contributed by atoms with Gasteiger partial charge in [0.25, 0.3) is 0 Å². The van der Waals surface area contributed by atoms with Crippen molar-refractivity contribution >= 4 is 38.6 Å². The van der Waals surface area contributed by atoms with Gasteiger partial charge in [0.1, 0.15) is 0 Å². The van der Waals surface area contributed by atoms with Gasteiger partial charge in [-0.15, -0.1) is 0 Å². The Hall–Kier alpha value is -6.70. The number of anilines is 3. The molecule has 240 valence electrons. The van der Waals surface area contributed by atoms with E-state index in [4.69, 9.17) is 0 Å². The first-order valence-electron chi connectivity index (χ1n) is 17.5. The molecule has 0 N–H and O–H groups in total. The zero-order valence-corrected chi connectivity index (χ0v) is 28.2. The van der Waals surface area contributed by atoms with Crippen LogP contribution in [0.15, 0.2) is 212 Å². The zero-order valence-electron chi connectivity index (χ0n) is 28.2. The molecule has 0 aliphatic carbocycles. The Kier molecular flexibility index (Phi) is 7.92. The molecule has 0 aliphatic rings. The lowest BCUT2D eigenvalue weighted by atomic mass is 9.84. The number of rotatable bonds is 7. The zero-order chi connectivity index (χ0) is 34.0. The molecule has 0 saturated heterocycles. The molecule has 1 heteroatoms. The summed E-state index contributed by atoms with van der Waals surface area (Å²) in [4.78, 5) is 2.41. The van der Waals surface area contributed by atoms with Crippen LogP contribution in [0.5, 0.6) is 0 Å². The van der Waals surface area contributed by atoms with Crippen molar-refractivity contribution in [2.24, 2.45) is 0 Å². The highest BCUT2D eigenvalue weighted by atomic mass is 15.1. The number of fused-ring (bicyclic) bond motifs is 3. The van der Waals surface area contributed by atoms with E-state index in [1.54, 1.807) is 0 Å². The molecule has 9 rings (SSSR count). The molecule has 51 heavy (non-hydrogen) atoms. The summed E-state index contributed by atoms with van der Waals surface area (Å²) in [6.45, 7) is 0. The standard InChI is InChI=1S/C50H35N/c1-5-16-36(17-6-1)37-28-30-38(31-29-37)39-32-34-43(35-33-39)51(42-22-11-4-12-23-42)47-27-15-26-46-49(41-20-9-3-10-21-41)48(40-18-7-2-8-19-40)44-24-13-14-25-45(44)50(46)47/h1-35H. The van der Waals surface area contributed by atoms with Crippen molar-refractivity contribution in [2.75, 3.05) is 4.90 Å². The van der Waals surface area contributed by atoms with Crippen LogP contribution in [0.1, 0.15) is 0 Å². The van der Waals surface area contributed by atoms with Crippen molar-refractivity contribution in [1.82, 2.24) is 0 Å². The molecule has 0 aliphatic heterocycles. The van der Waals surface area contributed by atoms with Crippen molar-refractivity contribution in [1.29, 1.82) is 0 Å². The highest BCUT2D eigenvalue weighted by molar-refractivity contribution is 6.25. The second-order valence-corrected chi connectivity index (χ2v) is 12.9. The van der Waals surface area contributed by atoms with E-state index in [0.29, 0.717) is 0 Å². The molecule has 1 nitrogen and oxygen atoms in total. The Labute approximate surface area is 299 Å². The van der Waals surface area contributed by atoms with Gasteiger partial charge in [-0.3, -0.25) is 0 Å². The topological polar surface area (TPSA) is 3.24 Å². The molecule has 0 atom stereocenters. The van der Waals surface area contributed by atoms with Crippen LogP contribution in [0.2, 0.25) is 0 Å². The minimum atomic E-state index is 1.11. The third-order valence-corrected chi connectivity index (χ3v) is 9.86. The van der Waals surface area contributed by atoms with E-state index in [1.165, 1.54) is 66.1 Å². The molecule has 0 heterocycles. The lowest BCUT2D eigenvalue weighted by Crippen LogP contribution is -2.10. The maximum absolute atomic E-state index is 2.41. The minimum Gasteiger partial charge on any atom is -0.310 e. The Morgan fingerprint density at radius 2 is 0.608 bits per heavy atom. The number of hydrogen-bond donors (Lipinski definition) is 0. The summed E-state index contributed by atoms with van der Waals surface area (Å²) in [5.74, 6) is 0. The quantitative estimate of drug-likeness (QED) is 0.155. The van der Waals surface area contributed by atoms with Crippen molar-refractivity contribution in [2.45, 2.75) is 0 Å². The summed E-state index contributed by atoms with van der Waals surface area (Å²) < 4.78 is 0. The molecule has 0 radical (unpaired) electrons. The molecular formula is C50H35N. The summed E-state index contributed by atoms with van der Waals surface area (Å²) in [5.41, 5.74) is 13.1. The van der Waals surface area contributed by atoms with Crippen LogP contribution >= 0.6 is 0 Å². The van der Waals surface area contributed by atoms with Gasteiger partial charge in [0.05, 0.1) is 5.69 Å². The van der Waals surface area contributed by atoms with E-state index in [1.807, 2.05) is 0 Å². The predicted molar refractivity (Wildman–Crippen MR) is 218 cm³/mol. The summed E-state index contributed by atoms with van der Waals surface area (Å²) in [6, 6.07) is 76.5. The fraction of sp³-hybridized carbons (Fsp3) is 0. The van der Waals surface area contributed by atoms with Gasteiger partial charge in [-0.05, 0) is 91.0 Å². The number of nitrogens with zero attached hydrogens (tertiary/aromatic N) is 1. The van der Waals surface area contributed by atoms with Gasteiger partial charge in [0, 0.05) is 16.8 Å². The van der Waals surface area contributed by atoms with Crippen molar-refractivity contribution in [3.8, 4) is 44.5 Å². The summed E-state index contributed by atoms with van der Waals surface area (Å²) in [7, 11) is 0. The van der Waals surface area contributed by atoms with Gasteiger partial charge in [-0.1, -0.05) is 182 Å². The average Bonchev–Trinajstić information content (AvgIpc) is 3.22. The van der Waals surface area contributed by atoms with Crippen LogP contribution in [-0.4, -0.2) is 0 Å². The normalized spacial score (nSPS) is 11.1. The summed E-state index contributed by atoms with van der Waals surface area (Å²) in [6.07, 6.45) is 0. The minimum absolute atomic E-state index is 1.11. The predicted octanol–water partition coefficient (Wildman–Crippen LogP) is 14.1. The fourth-order valence-corrected chi connectivity index (χ4v) is 7.51. The van der Waals surface area contributed by atoms with Gasteiger partial charge in [-0.25, -0.2) is 0 Å². The first kappa shape index (κ1) is 30.4. The molecule has 0 spiro atoms. The van der Waals surface area contributed by atoms with E-state index < -0.39 is 0 Å². The fourth-order valence-electron chi connectivity index (χ4n) is 7.51. The largest absolute Gasteiger partial charge is 0.310 e. The summed E-state index contributed by atoms with van der Waals surface area (Å²) in [5, 5.41) is 4.94. The van der Waals surface area contributed by atoms with Crippen LogP contribution in [0, 0.1) is 0 Å². The highest BCUT2D eigenvalue weighted by Gasteiger charge is 2.22. The smallest absolute Gasteiger partial charge is 0.0546 e. The van der Waals surface area contributed by atoms with E-state index in [2.05, 4.69) is 217 Å². The lowest BCUT2D eigenvalue weighted by molar-refractivity contribution is 1.30. The molecule has 0 aromatic heterocycles. The second-order valence-electron chi connectivity index (χ2n) is 12.9. The van der Waals surface area contributed by atoms with Gasteiger partial charge in [0.15, 0.2) is 0 Å². The van der Waals surface area contributed by atoms with E-state index in [9.17, 15) is 0 Å². The number of hydrogen-bond acceptors (Lipinski definition) is 1. The molecule has 0 saturated carbocycles. The molecule has 0 bridgehead atoms. The van der Waals surface area contributed by atoms with Crippen molar-refractivity contribution < 1.29 is 0 Å². The third kappa shape index (κ3) is 5.65. The van der Waals surface area contributed by atoms with Crippen LogP contribution in [-0.2, 0) is 0 Å². The first-order valence-corrected chi connectivity index (χ1v) is 17.5.